The SMILES string of the molecule is CCOC(=O)[C@H]1CCCN(CC(=O)Nc2ccc(NC(C)=O)cc2)C1. The van der Waals surface area contributed by atoms with E-state index in [-0.39, 0.29) is 30.2 Å². The van der Waals surface area contributed by atoms with E-state index >= 15 is 0 Å². The maximum absolute atomic E-state index is 12.2. The van der Waals surface area contributed by atoms with E-state index in [4.69, 9.17) is 4.74 Å². The number of nitrogens with zero attached hydrogens (tertiary/aromatic N) is 1. The van der Waals surface area contributed by atoms with Gasteiger partial charge in [0.2, 0.25) is 11.8 Å². The third kappa shape index (κ3) is 6.19. The van der Waals surface area contributed by atoms with E-state index < -0.39 is 0 Å². The van der Waals surface area contributed by atoms with E-state index in [2.05, 4.69) is 10.6 Å². The van der Waals surface area contributed by atoms with Crippen LogP contribution in [0.15, 0.2) is 24.3 Å². The molecule has 136 valence electrons. The second-order valence-electron chi connectivity index (χ2n) is 6.13. The number of likely N-dealkylation sites (tertiary alicyclic amines) is 1. The lowest BCUT2D eigenvalue weighted by Crippen LogP contribution is -2.43. The van der Waals surface area contributed by atoms with Crippen molar-refractivity contribution in [3.05, 3.63) is 24.3 Å². The molecule has 1 aromatic carbocycles. The Balaban J connectivity index is 1.83. The van der Waals surface area contributed by atoms with Crippen LogP contribution in [0.3, 0.4) is 0 Å². The molecule has 25 heavy (non-hydrogen) atoms. The van der Waals surface area contributed by atoms with Gasteiger partial charge in [-0.1, -0.05) is 0 Å². The van der Waals surface area contributed by atoms with E-state index in [1.807, 2.05) is 4.90 Å². The van der Waals surface area contributed by atoms with Crippen LogP contribution in [0.25, 0.3) is 0 Å². The lowest BCUT2D eigenvalue weighted by molar-refractivity contribution is -0.150. The van der Waals surface area contributed by atoms with Gasteiger partial charge in [-0.15, -0.1) is 0 Å². The van der Waals surface area contributed by atoms with Crippen LogP contribution in [-0.2, 0) is 19.1 Å². The third-order valence-electron chi connectivity index (χ3n) is 3.98. The molecule has 1 fully saturated rings. The molecule has 2 amide bonds. The van der Waals surface area contributed by atoms with Gasteiger partial charge in [0, 0.05) is 24.8 Å². The highest BCUT2D eigenvalue weighted by Gasteiger charge is 2.27. The van der Waals surface area contributed by atoms with Crippen LogP contribution in [0.2, 0.25) is 0 Å². The Labute approximate surface area is 147 Å². The molecule has 2 N–H and O–H groups in total. The van der Waals surface area contributed by atoms with Crippen molar-refractivity contribution in [2.75, 3.05) is 36.9 Å². The van der Waals surface area contributed by atoms with Crippen molar-refractivity contribution in [2.24, 2.45) is 5.92 Å². The predicted molar refractivity (Wildman–Crippen MR) is 95.2 cm³/mol. The summed E-state index contributed by atoms with van der Waals surface area (Å²) in [5.74, 6) is -0.602. The Morgan fingerprint density at radius 1 is 1.16 bits per heavy atom. The molecular formula is C18H25N3O4. The Bertz CT molecular complexity index is 615. The van der Waals surface area contributed by atoms with E-state index in [1.54, 1.807) is 31.2 Å². The largest absolute Gasteiger partial charge is 0.466 e. The number of ether oxygens (including phenoxy) is 1. The van der Waals surface area contributed by atoms with E-state index in [0.717, 1.165) is 19.4 Å². The first-order chi connectivity index (χ1) is 12.0. The van der Waals surface area contributed by atoms with Gasteiger partial charge in [0.15, 0.2) is 0 Å². The molecule has 1 aliphatic heterocycles. The standard InChI is InChI=1S/C18H25N3O4/c1-3-25-18(24)14-5-4-10-21(11-14)12-17(23)20-16-8-6-15(7-9-16)19-13(2)22/h6-9,14H,3-5,10-12H2,1-2H3,(H,19,22)(H,20,23)/t14-/m0/s1. The molecule has 1 saturated heterocycles. The van der Waals surface area contributed by atoms with Gasteiger partial charge in [-0.25, -0.2) is 0 Å². The summed E-state index contributed by atoms with van der Waals surface area (Å²) >= 11 is 0. The number of carbonyl (C=O) groups excluding carboxylic acids is 3. The molecule has 1 aromatic rings. The number of amides is 2. The minimum Gasteiger partial charge on any atom is -0.466 e. The quantitative estimate of drug-likeness (QED) is 0.767. The fourth-order valence-electron chi connectivity index (χ4n) is 2.90. The van der Waals surface area contributed by atoms with Crippen molar-refractivity contribution >= 4 is 29.2 Å². The molecule has 1 heterocycles. The highest BCUT2D eigenvalue weighted by Crippen LogP contribution is 2.18. The van der Waals surface area contributed by atoms with Crippen molar-refractivity contribution in [2.45, 2.75) is 26.7 Å². The van der Waals surface area contributed by atoms with Gasteiger partial charge in [0.05, 0.1) is 19.1 Å². The van der Waals surface area contributed by atoms with Crippen molar-refractivity contribution < 1.29 is 19.1 Å². The molecular weight excluding hydrogens is 322 g/mol. The molecule has 0 unspecified atom stereocenters. The minimum atomic E-state index is -0.179. The summed E-state index contributed by atoms with van der Waals surface area (Å²) in [6.45, 7) is 5.20. The Kier molecular flexibility index (Phi) is 6.94. The van der Waals surface area contributed by atoms with E-state index in [1.165, 1.54) is 6.92 Å². The van der Waals surface area contributed by atoms with Crippen molar-refractivity contribution in [3.8, 4) is 0 Å². The first kappa shape index (κ1) is 18.9. The van der Waals surface area contributed by atoms with E-state index in [0.29, 0.717) is 24.5 Å². The highest BCUT2D eigenvalue weighted by atomic mass is 16.5. The van der Waals surface area contributed by atoms with Crippen LogP contribution < -0.4 is 10.6 Å². The van der Waals surface area contributed by atoms with Crippen LogP contribution in [0, 0.1) is 5.92 Å². The van der Waals surface area contributed by atoms with Gasteiger partial charge in [0.1, 0.15) is 0 Å². The average Bonchev–Trinajstić information content (AvgIpc) is 2.56. The summed E-state index contributed by atoms with van der Waals surface area (Å²) in [6.07, 6.45) is 1.68. The van der Waals surface area contributed by atoms with Gasteiger partial charge in [0.25, 0.3) is 0 Å². The molecule has 1 aliphatic rings. The van der Waals surface area contributed by atoms with Crippen LogP contribution in [0.5, 0.6) is 0 Å². The summed E-state index contributed by atoms with van der Waals surface area (Å²) in [6, 6.07) is 6.94. The number of piperidine rings is 1. The van der Waals surface area contributed by atoms with Crippen molar-refractivity contribution in [1.82, 2.24) is 4.90 Å². The van der Waals surface area contributed by atoms with Gasteiger partial charge in [-0.05, 0) is 50.6 Å². The fourth-order valence-corrected chi connectivity index (χ4v) is 2.90. The van der Waals surface area contributed by atoms with Crippen molar-refractivity contribution in [1.29, 1.82) is 0 Å². The number of anilines is 2. The maximum Gasteiger partial charge on any atom is 0.310 e. The van der Waals surface area contributed by atoms with Gasteiger partial charge < -0.3 is 15.4 Å². The Hall–Kier alpha value is -2.41. The fraction of sp³-hybridized carbons (Fsp3) is 0.500. The summed E-state index contributed by atoms with van der Waals surface area (Å²) < 4.78 is 5.07. The van der Waals surface area contributed by atoms with E-state index in [9.17, 15) is 14.4 Å². The first-order valence-electron chi connectivity index (χ1n) is 8.54. The molecule has 0 aromatic heterocycles. The monoisotopic (exact) mass is 347 g/mol. The molecule has 7 heteroatoms. The number of benzene rings is 1. The molecule has 2 rings (SSSR count). The number of hydrogen-bond acceptors (Lipinski definition) is 5. The van der Waals surface area contributed by atoms with Crippen LogP contribution in [0.1, 0.15) is 26.7 Å². The number of carbonyl (C=O) groups is 3. The van der Waals surface area contributed by atoms with Gasteiger partial charge in [-0.3, -0.25) is 19.3 Å². The van der Waals surface area contributed by atoms with Crippen LogP contribution in [0.4, 0.5) is 11.4 Å². The lowest BCUT2D eigenvalue weighted by atomic mass is 9.98. The zero-order valence-electron chi connectivity index (χ0n) is 14.7. The minimum absolute atomic E-state index is 0.128. The first-order valence-corrected chi connectivity index (χ1v) is 8.54. The summed E-state index contributed by atoms with van der Waals surface area (Å²) in [5.41, 5.74) is 1.34. The maximum atomic E-state index is 12.2. The highest BCUT2D eigenvalue weighted by molar-refractivity contribution is 5.93. The number of hydrogen-bond donors (Lipinski definition) is 2. The molecule has 1 atom stereocenters. The number of nitrogens with one attached hydrogen (secondary N) is 2. The third-order valence-corrected chi connectivity index (χ3v) is 3.98. The Morgan fingerprint density at radius 3 is 2.40 bits per heavy atom. The summed E-state index contributed by atoms with van der Waals surface area (Å²) in [7, 11) is 0. The molecule has 0 saturated carbocycles. The Morgan fingerprint density at radius 2 is 1.80 bits per heavy atom. The molecule has 0 aliphatic carbocycles. The molecule has 0 bridgehead atoms. The normalized spacial score (nSPS) is 17.6. The van der Waals surface area contributed by atoms with Crippen LogP contribution >= 0.6 is 0 Å². The summed E-state index contributed by atoms with van der Waals surface area (Å²) in [5, 5.41) is 5.50. The van der Waals surface area contributed by atoms with Crippen LogP contribution in [-0.4, -0.2) is 48.9 Å². The number of rotatable bonds is 6. The smallest absolute Gasteiger partial charge is 0.310 e. The van der Waals surface area contributed by atoms with Gasteiger partial charge in [-0.2, -0.15) is 0 Å². The zero-order valence-corrected chi connectivity index (χ0v) is 14.7. The molecule has 7 nitrogen and oxygen atoms in total. The second kappa shape index (κ2) is 9.17. The summed E-state index contributed by atoms with van der Waals surface area (Å²) in [4.78, 5) is 37.0. The molecule has 0 radical (unpaired) electrons. The topological polar surface area (TPSA) is 87.7 Å². The van der Waals surface area contributed by atoms with Gasteiger partial charge >= 0.3 is 5.97 Å². The predicted octanol–water partition coefficient (Wildman–Crippen LogP) is 1.86. The van der Waals surface area contributed by atoms with Crippen molar-refractivity contribution in [3.63, 3.8) is 0 Å². The zero-order chi connectivity index (χ0) is 18.2. The number of esters is 1. The lowest BCUT2D eigenvalue weighted by Gasteiger charge is -2.30. The second-order valence-corrected chi connectivity index (χ2v) is 6.13. The average molecular weight is 347 g/mol. The molecule has 0 spiro atoms.